The van der Waals surface area contributed by atoms with Crippen molar-refractivity contribution >= 4 is 72.4 Å². The van der Waals surface area contributed by atoms with Crippen LogP contribution in [0.4, 0.5) is 11.4 Å². The summed E-state index contributed by atoms with van der Waals surface area (Å²) in [7, 11) is -4.19. The Morgan fingerprint density at radius 3 is 2.41 bits per heavy atom. The number of carbonyl (C=O) groups excluding carboxylic acids is 1. The summed E-state index contributed by atoms with van der Waals surface area (Å²) in [6, 6.07) is 26.1. The van der Waals surface area contributed by atoms with Crippen molar-refractivity contribution in [3.05, 3.63) is 112 Å². The number of nitrogens with zero attached hydrogens (tertiary/aromatic N) is 3. The first-order chi connectivity index (χ1) is 21.1. The lowest BCUT2D eigenvalue weighted by Crippen LogP contribution is -2.33. The van der Waals surface area contributed by atoms with Gasteiger partial charge in [-0.25, -0.2) is 18.5 Å². The molecule has 5 rings (SSSR count). The van der Waals surface area contributed by atoms with E-state index in [1.165, 1.54) is 28.8 Å². The monoisotopic (exact) mass is 664 g/mol. The second kappa shape index (κ2) is 13.9. The zero-order valence-electron chi connectivity index (χ0n) is 23.6. The number of carbonyl (C=O) groups is 1. The maximum atomic E-state index is 13.9. The van der Waals surface area contributed by atoms with Crippen LogP contribution >= 0.6 is 34.9 Å². The van der Waals surface area contributed by atoms with Gasteiger partial charge in [-0.15, -0.1) is 23.1 Å². The lowest BCUT2D eigenvalue weighted by molar-refractivity contribution is -0.384. The quantitative estimate of drug-likeness (QED) is 0.0839. The number of rotatable bonds is 12. The van der Waals surface area contributed by atoms with Crippen molar-refractivity contribution in [2.75, 3.05) is 23.0 Å². The summed E-state index contributed by atoms with van der Waals surface area (Å²) in [5.41, 5.74) is 2.57. The molecule has 0 radical (unpaired) electrons. The van der Waals surface area contributed by atoms with Crippen molar-refractivity contribution in [1.82, 2.24) is 4.98 Å². The third kappa shape index (κ3) is 7.48. The summed E-state index contributed by atoms with van der Waals surface area (Å²) in [5, 5.41) is 18.3. The highest BCUT2D eigenvalue weighted by molar-refractivity contribution is 7.99. The summed E-state index contributed by atoms with van der Waals surface area (Å²) in [6.07, 6.45) is 0. The standard InChI is InChI=1S/C31H28N4O5S4/c1-2-41-20-30-33-26-18-23(12-15-29(26)43-30)21-8-10-22(11-9-21)31(36)34(16-17-42-24-6-4-3-5-7-24)27-14-13-25(44(32,39)40)19-28(27)35(37)38/h3-15,18-19H,2,16-17,20H2,1H3,(H2,32,39,40). The SMILES string of the molecule is CCSCc1nc2cc(-c3ccc(C(=O)N(CCSc4ccccc4)c4ccc(S(N)(=O)=O)cc4[N+](=O)[O-])cc3)ccc2s1. The normalized spacial score (nSPS) is 11.5. The summed E-state index contributed by atoms with van der Waals surface area (Å²) in [4.78, 5) is 31.9. The molecule has 5 aromatic rings. The van der Waals surface area contributed by atoms with E-state index in [1.54, 1.807) is 23.5 Å². The molecule has 1 heterocycles. The minimum Gasteiger partial charge on any atom is -0.301 e. The first-order valence-corrected chi connectivity index (χ1v) is 18.0. The van der Waals surface area contributed by atoms with E-state index in [0.29, 0.717) is 11.3 Å². The van der Waals surface area contributed by atoms with Gasteiger partial charge in [-0.05, 0) is 65.4 Å². The van der Waals surface area contributed by atoms with Crippen LogP contribution < -0.4 is 10.0 Å². The average molecular weight is 665 g/mol. The molecule has 0 saturated heterocycles. The Bertz CT molecular complexity index is 1910. The Kier molecular flexibility index (Phi) is 10.0. The molecule has 0 saturated carbocycles. The van der Waals surface area contributed by atoms with Gasteiger partial charge >= 0.3 is 0 Å². The number of sulfonamides is 1. The van der Waals surface area contributed by atoms with E-state index in [-0.39, 0.29) is 12.2 Å². The minimum atomic E-state index is -4.19. The van der Waals surface area contributed by atoms with Gasteiger partial charge in [-0.1, -0.05) is 43.3 Å². The minimum absolute atomic E-state index is 0.0174. The lowest BCUT2D eigenvalue weighted by atomic mass is 10.0. The van der Waals surface area contributed by atoms with Gasteiger partial charge in [-0.2, -0.15) is 11.8 Å². The van der Waals surface area contributed by atoms with Crippen LogP contribution in [0.1, 0.15) is 22.3 Å². The van der Waals surface area contributed by atoms with E-state index in [1.807, 2.05) is 66.4 Å². The average Bonchev–Trinajstić information content (AvgIpc) is 3.44. The van der Waals surface area contributed by atoms with Crippen LogP contribution in [0.15, 0.2) is 101 Å². The zero-order valence-corrected chi connectivity index (χ0v) is 26.8. The number of nitro benzene ring substituents is 1. The number of anilines is 1. The number of hydrogen-bond donors (Lipinski definition) is 1. The van der Waals surface area contributed by atoms with E-state index in [4.69, 9.17) is 10.1 Å². The molecule has 0 aliphatic rings. The van der Waals surface area contributed by atoms with E-state index in [9.17, 15) is 23.3 Å². The second-order valence-electron chi connectivity index (χ2n) is 9.58. The maximum absolute atomic E-state index is 13.9. The van der Waals surface area contributed by atoms with E-state index in [0.717, 1.165) is 48.8 Å². The number of amides is 1. The van der Waals surface area contributed by atoms with Crippen LogP contribution in [0, 0.1) is 10.1 Å². The van der Waals surface area contributed by atoms with Crippen molar-refractivity contribution in [3.63, 3.8) is 0 Å². The number of benzene rings is 4. The predicted molar refractivity (Wildman–Crippen MR) is 180 cm³/mol. The number of hydrogen-bond acceptors (Lipinski definition) is 9. The maximum Gasteiger partial charge on any atom is 0.294 e. The molecule has 0 bridgehead atoms. The number of thioether (sulfide) groups is 2. The summed E-state index contributed by atoms with van der Waals surface area (Å²) in [6.45, 7) is 2.26. The molecule has 0 aliphatic heterocycles. The largest absolute Gasteiger partial charge is 0.301 e. The molecule has 44 heavy (non-hydrogen) atoms. The topological polar surface area (TPSA) is 136 Å². The number of nitrogens with two attached hydrogens (primary N) is 1. The number of thiazole rings is 1. The predicted octanol–water partition coefficient (Wildman–Crippen LogP) is 7.21. The van der Waals surface area contributed by atoms with Gasteiger partial charge in [0.05, 0.1) is 20.0 Å². The van der Waals surface area contributed by atoms with Gasteiger partial charge in [0.1, 0.15) is 10.7 Å². The first kappa shape index (κ1) is 31.7. The molecule has 0 fully saturated rings. The fourth-order valence-electron chi connectivity index (χ4n) is 4.52. The molecule has 0 spiro atoms. The summed E-state index contributed by atoms with van der Waals surface area (Å²) >= 11 is 5.02. The molecule has 1 amide bonds. The summed E-state index contributed by atoms with van der Waals surface area (Å²) < 4.78 is 24.9. The van der Waals surface area contributed by atoms with Crippen molar-refractivity contribution in [2.24, 2.45) is 5.14 Å². The van der Waals surface area contributed by atoms with Gasteiger partial charge in [-0.3, -0.25) is 14.9 Å². The highest BCUT2D eigenvalue weighted by Crippen LogP contribution is 2.33. The third-order valence-electron chi connectivity index (χ3n) is 6.66. The lowest BCUT2D eigenvalue weighted by Gasteiger charge is -2.23. The van der Waals surface area contributed by atoms with Crippen LogP contribution in [0.2, 0.25) is 0 Å². The van der Waals surface area contributed by atoms with Crippen LogP contribution in [0.5, 0.6) is 0 Å². The molecule has 13 heteroatoms. The molecule has 9 nitrogen and oxygen atoms in total. The molecular weight excluding hydrogens is 637 g/mol. The number of aromatic nitrogens is 1. The zero-order chi connectivity index (χ0) is 31.3. The van der Waals surface area contributed by atoms with Crippen LogP contribution in [-0.4, -0.2) is 42.3 Å². The number of nitro groups is 1. The highest BCUT2D eigenvalue weighted by Gasteiger charge is 2.27. The molecule has 2 N–H and O–H groups in total. The van der Waals surface area contributed by atoms with Crippen molar-refractivity contribution < 1.29 is 18.1 Å². The van der Waals surface area contributed by atoms with Crippen molar-refractivity contribution in [3.8, 4) is 11.1 Å². The smallest absolute Gasteiger partial charge is 0.294 e. The molecular formula is C31H28N4O5S4. The molecule has 1 aromatic heterocycles. The molecule has 4 aromatic carbocycles. The van der Waals surface area contributed by atoms with E-state index in [2.05, 4.69) is 13.0 Å². The van der Waals surface area contributed by atoms with Crippen LogP contribution in [0.3, 0.4) is 0 Å². The van der Waals surface area contributed by atoms with Gasteiger partial charge in [0.2, 0.25) is 10.0 Å². The Morgan fingerprint density at radius 1 is 1.00 bits per heavy atom. The van der Waals surface area contributed by atoms with Crippen LogP contribution in [-0.2, 0) is 15.8 Å². The highest BCUT2D eigenvalue weighted by atomic mass is 32.2. The number of primary sulfonamides is 1. The Morgan fingerprint density at radius 2 is 1.73 bits per heavy atom. The van der Waals surface area contributed by atoms with Gasteiger partial charge < -0.3 is 4.90 Å². The van der Waals surface area contributed by atoms with Gasteiger partial charge in [0.25, 0.3) is 11.6 Å². The Hall–Kier alpha value is -3.75. The molecule has 0 atom stereocenters. The van der Waals surface area contributed by atoms with E-state index >= 15 is 0 Å². The second-order valence-corrected chi connectivity index (χ2v) is 14.7. The first-order valence-electron chi connectivity index (χ1n) is 13.5. The molecule has 0 aliphatic carbocycles. The van der Waals surface area contributed by atoms with Gasteiger partial charge in [0, 0.05) is 34.6 Å². The Balaban J connectivity index is 1.44. The third-order valence-corrected chi connectivity index (χ3v) is 10.7. The summed E-state index contributed by atoms with van der Waals surface area (Å²) in [5.74, 6) is 1.90. The van der Waals surface area contributed by atoms with Gasteiger partial charge in [0.15, 0.2) is 0 Å². The Labute approximate surface area is 267 Å². The fraction of sp³-hybridized carbons (Fsp3) is 0.161. The molecule has 226 valence electrons. The fourth-order valence-corrected chi connectivity index (χ4v) is 7.59. The van der Waals surface area contributed by atoms with E-state index < -0.39 is 31.4 Å². The van der Waals surface area contributed by atoms with Crippen molar-refractivity contribution in [1.29, 1.82) is 0 Å². The van der Waals surface area contributed by atoms with Crippen LogP contribution in [0.25, 0.3) is 21.3 Å². The number of fused-ring (bicyclic) bond motifs is 1. The molecule has 0 unspecified atom stereocenters. The van der Waals surface area contributed by atoms with Crippen molar-refractivity contribution in [2.45, 2.75) is 22.5 Å².